The van der Waals surface area contributed by atoms with Gasteiger partial charge in [0, 0.05) is 0 Å². The van der Waals surface area contributed by atoms with Crippen LogP contribution in [0.4, 0.5) is 0 Å². The molecule has 2 aromatic carbocycles. The van der Waals surface area contributed by atoms with E-state index in [1.54, 1.807) is 30.3 Å². The van der Waals surface area contributed by atoms with Gasteiger partial charge in [-0.1, -0.05) is 36.4 Å². The highest BCUT2D eigenvalue weighted by Crippen LogP contribution is 2.27. The van der Waals surface area contributed by atoms with E-state index in [9.17, 15) is 29.4 Å². The summed E-state index contributed by atoms with van der Waals surface area (Å²) in [6, 6.07) is 10.3. The number of carbonyl (C=O) groups excluding carboxylic acids is 4. The van der Waals surface area contributed by atoms with Crippen LogP contribution in [-0.2, 0) is 11.2 Å². The quantitative estimate of drug-likeness (QED) is 0.646. The van der Waals surface area contributed by atoms with E-state index < -0.39 is 29.8 Å². The van der Waals surface area contributed by atoms with E-state index in [1.807, 2.05) is 0 Å². The highest BCUT2D eigenvalue weighted by Gasteiger charge is 2.40. The smallest absolute Gasteiger partial charge is 0.262 e. The molecule has 1 heterocycles. The zero-order valence-corrected chi connectivity index (χ0v) is 12.8. The molecular formula is C18H11NO6-2. The lowest BCUT2D eigenvalue weighted by Crippen LogP contribution is -2.51. The van der Waals surface area contributed by atoms with E-state index in [2.05, 4.69) is 0 Å². The molecule has 1 aliphatic rings. The molecule has 0 saturated heterocycles. The van der Waals surface area contributed by atoms with Crippen molar-refractivity contribution in [1.29, 1.82) is 0 Å². The van der Waals surface area contributed by atoms with E-state index >= 15 is 0 Å². The summed E-state index contributed by atoms with van der Waals surface area (Å²) >= 11 is 0. The molecule has 3 rings (SSSR count). The topological polar surface area (TPSA) is 118 Å². The first-order chi connectivity index (χ1) is 11.9. The third kappa shape index (κ3) is 2.87. The van der Waals surface area contributed by atoms with Gasteiger partial charge in [-0.2, -0.15) is 0 Å². The summed E-state index contributed by atoms with van der Waals surface area (Å²) in [6.45, 7) is 0. The molecule has 0 aliphatic carbocycles. The fraction of sp³-hybridized carbons (Fsp3) is 0.111. The molecule has 0 fully saturated rings. The number of benzene rings is 2. The van der Waals surface area contributed by atoms with Gasteiger partial charge in [0.05, 0.1) is 29.1 Å². The van der Waals surface area contributed by atoms with Crippen molar-refractivity contribution >= 4 is 23.8 Å². The Balaban J connectivity index is 1.98. The second-order valence-corrected chi connectivity index (χ2v) is 5.55. The van der Waals surface area contributed by atoms with Crippen LogP contribution in [-0.4, -0.2) is 34.7 Å². The molecule has 0 radical (unpaired) electrons. The van der Waals surface area contributed by atoms with Gasteiger partial charge in [0.2, 0.25) is 0 Å². The predicted molar refractivity (Wildman–Crippen MR) is 80.2 cm³/mol. The Morgan fingerprint density at radius 3 is 2.16 bits per heavy atom. The number of imide groups is 1. The summed E-state index contributed by atoms with van der Waals surface area (Å²) in [5, 5.41) is 22.5. The normalized spacial score (nSPS) is 14.3. The molecule has 0 aromatic heterocycles. The lowest BCUT2D eigenvalue weighted by molar-refractivity contribution is -0.310. The standard InChI is InChI=1S/C18H13NO6/c20-15-12-7-6-11(17(22)23)9-13(12)16(21)19(15)14(18(24)25)8-10-4-2-1-3-5-10/h1-7,9,14H,8H2,(H,22,23)(H,24,25)/p-2. The molecule has 1 unspecified atom stereocenters. The van der Waals surface area contributed by atoms with Crippen LogP contribution < -0.4 is 10.2 Å². The van der Waals surface area contributed by atoms with Crippen LogP contribution in [0.2, 0.25) is 0 Å². The molecule has 25 heavy (non-hydrogen) atoms. The van der Waals surface area contributed by atoms with Gasteiger partial charge in [-0.3, -0.25) is 14.5 Å². The van der Waals surface area contributed by atoms with Gasteiger partial charge in [0.15, 0.2) is 0 Å². The Morgan fingerprint density at radius 2 is 1.56 bits per heavy atom. The molecule has 7 heteroatoms. The Kier molecular flexibility index (Phi) is 4.06. The minimum atomic E-state index is -1.57. The van der Waals surface area contributed by atoms with Crippen molar-refractivity contribution in [3.8, 4) is 0 Å². The molecule has 0 spiro atoms. The van der Waals surface area contributed by atoms with Crippen molar-refractivity contribution in [1.82, 2.24) is 4.90 Å². The minimum absolute atomic E-state index is 0.0469. The third-order valence-corrected chi connectivity index (χ3v) is 4.01. The van der Waals surface area contributed by atoms with Crippen molar-refractivity contribution in [3.63, 3.8) is 0 Å². The molecule has 0 N–H and O–H groups in total. The van der Waals surface area contributed by atoms with Gasteiger partial charge in [0.25, 0.3) is 11.8 Å². The van der Waals surface area contributed by atoms with Crippen LogP contribution in [0, 0.1) is 0 Å². The van der Waals surface area contributed by atoms with Crippen molar-refractivity contribution in [3.05, 3.63) is 70.8 Å². The zero-order valence-electron chi connectivity index (χ0n) is 12.8. The van der Waals surface area contributed by atoms with Gasteiger partial charge < -0.3 is 19.8 Å². The number of carbonyl (C=O) groups is 4. The third-order valence-electron chi connectivity index (χ3n) is 4.01. The Labute approximate surface area is 142 Å². The first kappa shape index (κ1) is 16.4. The lowest BCUT2D eigenvalue weighted by atomic mass is 10.0. The largest absolute Gasteiger partial charge is 0.548 e. The summed E-state index contributed by atoms with van der Waals surface area (Å²) in [6.07, 6.45) is -0.109. The molecule has 126 valence electrons. The lowest BCUT2D eigenvalue weighted by Gasteiger charge is -2.27. The Bertz CT molecular complexity index is 890. The van der Waals surface area contributed by atoms with Crippen LogP contribution in [0.15, 0.2) is 48.5 Å². The van der Waals surface area contributed by atoms with Crippen molar-refractivity contribution in [2.45, 2.75) is 12.5 Å². The highest BCUT2D eigenvalue weighted by molar-refractivity contribution is 6.23. The first-order valence-corrected chi connectivity index (χ1v) is 7.38. The average molecular weight is 337 g/mol. The molecule has 7 nitrogen and oxygen atoms in total. The fourth-order valence-corrected chi connectivity index (χ4v) is 2.79. The summed E-state index contributed by atoms with van der Waals surface area (Å²) < 4.78 is 0. The molecule has 1 atom stereocenters. The van der Waals surface area contributed by atoms with Crippen LogP contribution in [0.3, 0.4) is 0 Å². The fourth-order valence-electron chi connectivity index (χ4n) is 2.79. The highest BCUT2D eigenvalue weighted by atomic mass is 16.4. The maximum Gasteiger partial charge on any atom is 0.262 e. The van der Waals surface area contributed by atoms with Gasteiger partial charge in [-0.15, -0.1) is 0 Å². The number of nitrogens with zero attached hydrogens (tertiary/aromatic N) is 1. The van der Waals surface area contributed by atoms with Crippen molar-refractivity contribution < 1.29 is 29.4 Å². The summed E-state index contributed by atoms with van der Waals surface area (Å²) in [5.74, 6) is -4.73. The van der Waals surface area contributed by atoms with Crippen LogP contribution in [0.1, 0.15) is 36.6 Å². The van der Waals surface area contributed by atoms with Gasteiger partial charge in [0.1, 0.15) is 0 Å². The SMILES string of the molecule is O=C([O-])c1ccc2c(c1)C(=O)N(C(Cc1ccccc1)C(=O)[O-])C2=O. The molecule has 2 aromatic rings. The van der Waals surface area contributed by atoms with E-state index in [0.717, 1.165) is 12.1 Å². The van der Waals surface area contributed by atoms with Gasteiger partial charge in [-0.25, -0.2) is 0 Å². The monoisotopic (exact) mass is 337 g/mol. The number of hydrogen-bond donors (Lipinski definition) is 0. The predicted octanol–water partition coefficient (Wildman–Crippen LogP) is -0.993. The molecule has 0 bridgehead atoms. The van der Waals surface area contributed by atoms with E-state index in [-0.39, 0.29) is 23.1 Å². The number of aliphatic carboxylic acids is 1. The van der Waals surface area contributed by atoms with Crippen LogP contribution >= 0.6 is 0 Å². The Hall–Kier alpha value is -3.48. The maximum absolute atomic E-state index is 12.5. The number of carboxylic acid groups (broad SMARTS) is 2. The average Bonchev–Trinajstić information content (AvgIpc) is 2.84. The summed E-state index contributed by atoms with van der Waals surface area (Å²) in [4.78, 5) is 48.1. The molecule has 1 aliphatic heterocycles. The van der Waals surface area contributed by atoms with Gasteiger partial charge in [-0.05, 0) is 29.7 Å². The second-order valence-electron chi connectivity index (χ2n) is 5.55. The zero-order chi connectivity index (χ0) is 18.1. The molecule has 2 amide bonds. The summed E-state index contributed by atoms with van der Waals surface area (Å²) in [7, 11) is 0. The molecule has 0 saturated carbocycles. The number of amides is 2. The number of carboxylic acids is 2. The van der Waals surface area contributed by atoms with Gasteiger partial charge >= 0.3 is 0 Å². The Morgan fingerprint density at radius 1 is 0.920 bits per heavy atom. The van der Waals surface area contributed by atoms with Crippen molar-refractivity contribution in [2.24, 2.45) is 0 Å². The summed E-state index contributed by atoms with van der Waals surface area (Å²) in [5.41, 5.74) is 0.138. The number of aromatic carboxylic acids is 1. The molecular weight excluding hydrogens is 326 g/mol. The first-order valence-electron chi connectivity index (χ1n) is 7.38. The van der Waals surface area contributed by atoms with Crippen LogP contribution in [0.5, 0.6) is 0 Å². The number of rotatable bonds is 5. The number of hydrogen-bond acceptors (Lipinski definition) is 6. The van der Waals surface area contributed by atoms with E-state index in [0.29, 0.717) is 10.5 Å². The van der Waals surface area contributed by atoms with Crippen molar-refractivity contribution in [2.75, 3.05) is 0 Å². The number of fused-ring (bicyclic) bond motifs is 1. The van der Waals surface area contributed by atoms with Crippen LogP contribution in [0.25, 0.3) is 0 Å². The second kappa shape index (κ2) is 6.20. The van der Waals surface area contributed by atoms with E-state index in [1.165, 1.54) is 6.07 Å². The minimum Gasteiger partial charge on any atom is -0.548 e. The maximum atomic E-state index is 12.5. The van der Waals surface area contributed by atoms with E-state index in [4.69, 9.17) is 0 Å².